The Morgan fingerprint density at radius 1 is 0.703 bits per heavy atom. The molecule has 0 spiro atoms. The molecule has 1 N–H and O–H groups in total. The van der Waals surface area contributed by atoms with Crippen molar-refractivity contribution in [3.05, 3.63) is 5.21 Å². The first-order valence-corrected chi connectivity index (χ1v) is 11.8. The monoisotopic (exact) mass is 602 g/mol. The first-order chi connectivity index (χ1) is 16.0. The van der Waals surface area contributed by atoms with Crippen molar-refractivity contribution < 1.29 is 74.5 Å². The second-order valence-electron chi connectivity index (χ2n) is 8.87. The van der Waals surface area contributed by atoms with Crippen LogP contribution in [0.2, 0.25) is 0 Å². The summed E-state index contributed by atoms with van der Waals surface area (Å²) < 4.78 is 207. The van der Waals surface area contributed by atoms with Gasteiger partial charge in [-0.2, -0.15) is 52.7 Å². The Bertz CT molecular complexity index is 761. The molecule has 0 atom stereocenters. The van der Waals surface area contributed by atoms with E-state index in [0.29, 0.717) is 0 Å². The highest BCUT2D eigenvalue weighted by molar-refractivity contribution is 7.89. The Morgan fingerprint density at radius 3 is 1.35 bits per heavy atom. The number of hydroxylamine groups is 3. The van der Waals surface area contributed by atoms with Gasteiger partial charge in [-0.25, -0.2) is 21.9 Å². The van der Waals surface area contributed by atoms with Gasteiger partial charge in [-0.05, 0) is 18.8 Å². The second-order valence-corrected chi connectivity index (χ2v) is 10.8. The van der Waals surface area contributed by atoms with E-state index in [-0.39, 0.29) is 19.5 Å². The van der Waals surface area contributed by atoms with E-state index in [1.165, 1.54) is 14.1 Å². The Labute approximate surface area is 202 Å². The van der Waals surface area contributed by atoms with Crippen LogP contribution in [0, 0.1) is 11.1 Å². The quantitative estimate of drug-likeness (QED) is 0.127. The van der Waals surface area contributed by atoms with Gasteiger partial charge < -0.3 is 9.85 Å². The predicted octanol–water partition coefficient (Wildman–Crippen LogP) is 5.71. The van der Waals surface area contributed by atoms with Crippen LogP contribution in [0.5, 0.6) is 0 Å². The van der Waals surface area contributed by atoms with Gasteiger partial charge in [0.05, 0.1) is 26.4 Å². The standard InChI is InChI=1S/C17H24F14N2O3S/c1-33(2,34)7-4-6-32-37(35,36)8-3-5-11(9-12(18,14(20,21)22)15(23,24)25)10-13(19,16(26,27)28)17(29,30)31/h11,32H,3-10H2,1-2H3. The zero-order chi connectivity index (χ0) is 29.9. The van der Waals surface area contributed by atoms with Gasteiger partial charge in [-0.1, -0.05) is 0 Å². The van der Waals surface area contributed by atoms with Crippen molar-refractivity contribution >= 4 is 10.0 Å². The van der Waals surface area contributed by atoms with Crippen molar-refractivity contribution in [3.8, 4) is 0 Å². The van der Waals surface area contributed by atoms with Crippen LogP contribution < -0.4 is 4.72 Å². The minimum atomic E-state index is -6.86. The SMILES string of the molecule is C[N+](C)([O-])CCCNS(=O)(=O)CCCC(CC(F)(C(F)(F)F)C(F)(F)F)CC(F)(C(F)(F)F)C(F)(F)F. The molecular weight excluding hydrogens is 578 g/mol. The summed E-state index contributed by atoms with van der Waals surface area (Å²) >= 11 is 0. The van der Waals surface area contributed by atoms with Crippen molar-refractivity contribution in [2.75, 3.05) is 32.9 Å². The summed E-state index contributed by atoms with van der Waals surface area (Å²) in [7, 11) is -2.03. The first kappa shape index (κ1) is 35.9. The van der Waals surface area contributed by atoms with Crippen molar-refractivity contribution in [2.24, 2.45) is 5.92 Å². The second kappa shape index (κ2) is 11.5. The van der Waals surface area contributed by atoms with Crippen molar-refractivity contribution in [1.29, 1.82) is 0 Å². The molecule has 37 heavy (non-hydrogen) atoms. The van der Waals surface area contributed by atoms with Gasteiger partial charge in [0.2, 0.25) is 10.0 Å². The fraction of sp³-hybridized carbons (Fsp3) is 1.00. The summed E-state index contributed by atoms with van der Waals surface area (Å²) in [4.78, 5) is 0. The maximum atomic E-state index is 14.1. The molecule has 0 aliphatic carbocycles. The van der Waals surface area contributed by atoms with E-state index < -0.39 is 88.1 Å². The molecule has 0 bridgehead atoms. The summed E-state index contributed by atoms with van der Waals surface area (Å²) in [6.07, 6.45) is -36.4. The number of hydrogen-bond acceptors (Lipinski definition) is 3. The summed E-state index contributed by atoms with van der Waals surface area (Å²) in [5, 5.41) is 11.4. The van der Waals surface area contributed by atoms with Gasteiger partial charge in [-0.15, -0.1) is 0 Å². The number of rotatable bonds is 13. The summed E-state index contributed by atoms with van der Waals surface area (Å²) in [6.45, 7) is -0.493. The van der Waals surface area contributed by atoms with Crippen molar-refractivity contribution in [3.63, 3.8) is 0 Å². The largest absolute Gasteiger partial charge is 0.633 e. The van der Waals surface area contributed by atoms with Gasteiger partial charge >= 0.3 is 24.7 Å². The first-order valence-electron chi connectivity index (χ1n) is 10.2. The minimum absolute atomic E-state index is 0.0541. The van der Waals surface area contributed by atoms with E-state index in [1.807, 2.05) is 4.72 Å². The summed E-state index contributed by atoms with van der Waals surface area (Å²) in [5.41, 5.74) is -12.6. The van der Waals surface area contributed by atoms with E-state index in [4.69, 9.17) is 0 Å². The maximum absolute atomic E-state index is 14.1. The molecule has 0 radical (unpaired) electrons. The molecule has 0 aromatic heterocycles. The highest BCUT2D eigenvalue weighted by Crippen LogP contribution is 2.55. The molecule has 0 saturated carbocycles. The molecule has 0 aliphatic rings. The minimum Gasteiger partial charge on any atom is -0.633 e. The normalized spacial score (nSPS) is 15.5. The number of nitrogens with zero attached hydrogens (tertiary/aromatic N) is 1. The molecule has 0 aliphatic heterocycles. The lowest BCUT2D eigenvalue weighted by Crippen LogP contribution is -2.57. The smallest absolute Gasteiger partial charge is 0.431 e. The van der Waals surface area contributed by atoms with E-state index in [9.17, 15) is 75.1 Å². The zero-order valence-corrected chi connectivity index (χ0v) is 19.9. The Hall–Kier alpha value is -1.15. The van der Waals surface area contributed by atoms with Crippen LogP contribution in [0.4, 0.5) is 61.5 Å². The highest BCUT2D eigenvalue weighted by Gasteiger charge is 2.75. The molecule has 0 aromatic carbocycles. The van der Waals surface area contributed by atoms with Gasteiger partial charge in [0, 0.05) is 25.8 Å². The number of sulfonamides is 1. The van der Waals surface area contributed by atoms with Crippen LogP contribution in [-0.4, -0.2) is 82.0 Å². The van der Waals surface area contributed by atoms with E-state index in [0.717, 1.165) is 0 Å². The lowest BCUT2D eigenvalue weighted by atomic mass is 9.80. The van der Waals surface area contributed by atoms with E-state index in [2.05, 4.69) is 0 Å². The van der Waals surface area contributed by atoms with E-state index in [1.54, 1.807) is 0 Å². The van der Waals surface area contributed by atoms with Crippen LogP contribution in [0.15, 0.2) is 0 Å². The predicted molar refractivity (Wildman–Crippen MR) is 101 cm³/mol. The molecule has 0 heterocycles. The number of halogens is 14. The summed E-state index contributed by atoms with van der Waals surface area (Å²) in [5.74, 6) is -4.44. The fourth-order valence-electron chi connectivity index (χ4n) is 3.18. The molecule has 0 unspecified atom stereocenters. The lowest BCUT2D eigenvalue weighted by molar-refractivity contribution is -0.840. The average molecular weight is 602 g/mol. The van der Waals surface area contributed by atoms with E-state index >= 15 is 0 Å². The summed E-state index contributed by atoms with van der Waals surface area (Å²) in [6, 6.07) is 0. The van der Waals surface area contributed by atoms with Gasteiger partial charge in [0.25, 0.3) is 11.3 Å². The number of hydrogen-bond donors (Lipinski definition) is 1. The van der Waals surface area contributed by atoms with Gasteiger partial charge in [0.1, 0.15) is 0 Å². The highest BCUT2D eigenvalue weighted by atomic mass is 32.2. The Kier molecular flexibility index (Phi) is 11.2. The molecule has 0 amide bonds. The maximum Gasteiger partial charge on any atom is 0.431 e. The van der Waals surface area contributed by atoms with Crippen LogP contribution in [0.1, 0.15) is 32.1 Å². The molecule has 0 rings (SSSR count). The molecule has 20 heteroatoms. The van der Waals surface area contributed by atoms with Crippen molar-refractivity contribution in [1.82, 2.24) is 4.72 Å². The van der Waals surface area contributed by atoms with Crippen LogP contribution in [-0.2, 0) is 10.0 Å². The number of alkyl halides is 14. The fourth-order valence-corrected chi connectivity index (χ4v) is 4.32. The zero-order valence-electron chi connectivity index (χ0n) is 19.1. The molecule has 0 fully saturated rings. The molecule has 0 saturated heterocycles. The Morgan fingerprint density at radius 2 is 1.05 bits per heavy atom. The van der Waals surface area contributed by atoms with Crippen LogP contribution >= 0.6 is 0 Å². The van der Waals surface area contributed by atoms with Gasteiger partial charge in [-0.3, -0.25) is 0 Å². The van der Waals surface area contributed by atoms with Gasteiger partial charge in [0.15, 0.2) is 0 Å². The topological polar surface area (TPSA) is 69.2 Å². The third-order valence-corrected chi connectivity index (χ3v) is 6.63. The third kappa shape index (κ3) is 10.2. The van der Waals surface area contributed by atoms with Crippen LogP contribution in [0.3, 0.4) is 0 Å². The molecule has 0 aromatic rings. The van der Waals surface area contributed by atoms with Crippen LogP contribution in [0.25, 0.3) is 0 Å². The molecule has 224 valence electrons. The van der Waals surface area contributed by atoms with Crippen molar-refractivity contribution in [2.45, 2.75) is 68.1 Å². The average Bonchev–Trinajstić information content (AvgIpc) is 2.60. The molecular formula is C17H24F14N2O3S. The number of quaternary nitrogens is 1. The lowest BCUT2D eigenvalue weighted by Gasteiger charge is -2.37. The Balaban J connectivity index is 5.92. The molecule has 5 nitrogen and oxygen atoms in total. The number of nitrogens with one attached hydrogen (secondary N) is 1. The third-order valence-electron chi connectivity index (χ3n) is 5.16.